The molecule has 1 saturated carbocycles. The molecule has 1 aliphatic carbocycles. The monoisotopic (exact) mass is 568 g/mol. The Labute approximate surface area is 237 Å². The van der Waals surface area contributed by atoms with E-state index < -0.39 is 23.4 Å². The molecule has 4 N–H and O–H groups in total. The van der Waals surface area contributed by atoms with Gasteiger partial charge in [0.2, 0.25) is 0 Å². The number of halogens is 1. The summed E-state index contributed by atoms with van der Waals surface area (Å²) in [6.07, 6.45) is 4.34. The number of carbonyl (C=O) groups excluding carboxylic acids is 2. The zero-order valence-corrected chi connectivity index (χ0v) is 24.1. The second-order valence-corrected chi connectivity index (χ2v) is 11.8. The number of aliphatic carboxylic acids is 1. The average molecular weight is 569 g/mol. The first-order chi connectivity index (χ1) is 18.5. The number of carbonyl (C=O) groups is 3. The summed E-state index contributed by atoms with van der Waals surface area (Å²) in [4.78, 5) is 43.6. The summed E-state index contributed by atoms with van der Waals surface area (Å²) >= 11 is 7.17. The van der Waals surface area contributed by atoms with E-state index in [2.05, 4.69) is 20.9 Å². The van der Waals surface area contributed by atoms with Crippen LogP contribution < -0.4 is 16.0 Å². The van der Waals surface area contributed by atoms with Crippen molar-refractivity contribution in [2.45, 2.75) is 65.3 Å². The van der Waals surface area contributed by atoms with Gasteiger partial charge in [-0.2, -0.15) is 0 Å². The van der Waals surface area contributed by atoms with Gasteiger partial charge in [0.05, 0.1) is 0 Å². The van der Waals surface area contributed by atoms with Crippen molar-refractivity contribution in [3.05, 3.63) is 63.8 Å². The number of benzene rings is 2. The summed E-state index contributed by atoms with van der Waals surface area (Å²) in [5, 5.41) is 19.8. The van der Waals surface area contributed by atoms with E-state index in [1.165, 1.54) is 0 Å². The van der Waals surface area contributed by atoms with Crippen LogP contribution >= 0.6 is 22.9 Å². The van der Waals surface area contributed by atoms with Crippen molar-refractivity contribution >= 4 is 51.5 Å². The van der Waals surface area contributed by atoms with E-state index in [4.69, 9.17) is 11.6 Å². The Morgan fingerprint density at radius 1 is 1.00 bits per heavy atom. The average Bonchev–Trinajstić information content (AvgIpc) is 3.30. The Kier molecular flexibility index (Phi) is 8.61. The Bertz CT molecular complexity index is 1380. The molecule has 206 valence electrons. The standard InChI is InChI=1S/C29H33ClN4O4S/c1-16-14-17(2)22(18(3)15-16)32-28(38)33-26-23(31-25(39-26)19-10-12-21(30)13-11-19)24(35)34-29(4,27(36)37)20-8-6-5-7-9-20/h10-15,20H,5-9H2,1-4H3,(H,34,35)(H,36,37)(H2,32,33,38)/t29-/m0/s1. The first kappa shape index (κ1) is 28.6. The van der Waals surface area contributed by atoms with E-state index >= 15 is 0 Å². The van der Waals surface area contributed by atoms with Crippen molar-refractivity contribution in [2.75, 3.05) is 10.6 Å². The zero-order chi connectivity index (χ0) is 28.3. The molecule has 8 nitrogen and oxygen atoms in total. The fraction of sp³-hybridized carbons (Fsp3) is 0.379. The summed E-state index contributed by atoms with van der Waals surface area (Å²) in [6, 6.07) is 10.4. The number of thiazole rings is 1. The molecule has 1 aliphatic rings. The van der Waals surface area contributed by atoms with Crippen molar-refractivity contribution in [3.8, 4) is 10.6 Å². The van der Waals surface area contributed by atoms with Crippen molar-refractivity contribution in [2.24, 2.45) is 5.92 Å². The summed E-state index contributed by atoms with van der Waals surface area (Å²) < 4.78 is 0. The Balaban J connectivity index is 1.65. The minimum atomic E-state index is -1.46. The van der Waals surface area contributed by atoms with Crippen LogP contribution in [0.4, 0.5) is 15.5 Å². The molecule has 1 fully saturated rings. The van der Waals surface area contributed by atoms with Gasteiger partial charge in [0.1, 0.15) is 15.5 Å². The molecule has 0 bridgehead atoms. The molecule has 4 rings (SSSR count). The molecule has 0 spiro atoms. The van der Waals surface area contributed by atoms with Gasteiger partial charge in [0.15, 0.2) is 5.69 Å². The molecule has 0 unspecified atom stereocenters. The fourth-order valence-electron chi connectivity index (χ4n) is 5.20. The smallest absolute Gasteiger partial charge is 0.329 e. The first-order valence-electron chi connectivity index (χ1n) is 13.0. The van der Waals surface area contributed by atoms with Crippen LogP contribution in [0.3, 0.4) is 0 Å². The van der Waals surface area contributed by atoms with Crippen molar-refractivity contribution in [1.29, 1.82) is 0 Å². The van der Waals surface area contributed by atoms with Crippen LogP contribution in [-0.2, 0) is 4.79 Å². The maximum absolute atomic E-state index is 13.6. The first-order valence-corrected chi connectivity index (χ1v) is 14.2. The lowest BCUT2D eigenvalue weighted by molar-refractivity contribution is -0.146. The van der Waals surface area contributed by atoms with E-state index in [0.29, 0.717) is 21.3 Å². The molecule has 0 saturated heterocycles. The number of rotatable bonds is 7. The van der Waals surface area contributed by atoms with Crippen LogP contribution in [0.25, 0.3) is 10.6 Å². The van der Waals surface area contributed by atoms with Gasteiger partial charge in [-0.15, -0.1) is 0 Å². The van der Waals surface area contributed by atoms with Gasteiger partial charge in [-0.3, -0.25) is 10.1 Å². The van der Waals surface area contributed by atoms with E-state index in [-0.39, 0.29) is 16.6 Å². The fourth-order valence-corrected chi connectivity index (χ4v) is 6.29. The lowest BCUT2D eigenvalue weighted by atomic mass is 9.75. The third-order valence-electron chi connectivity index (χ3n) is 7.32. The number of amides is 3. The number of hydrogen-bond donors (Lipinski definition) is 4. The van der Waals surface area contributed by atoms with Crippen LogP contribution in [0.15, 0.2) is 36.4 Å². The number of hydrogen-bond acceptors (Lipinski definition) is 5. The lowest BCUT2D eigenvalue weighted by Gasteiger charge is -2.36. The normalized spacial score (nSPS) is 15.3. The van der Waals surface area contributed by atoms with Gasteiger partial charge in [-0.25, -0.2) is 14.6 Å². The molecule has 0 radical (unpaired) electrons. The third-order valence-corrected chi connectivity index (χ3v) is 8.59. The maximum atomic E-state index is 13.6. The third kappa shape index (κ3) is 6.42. The second-order valence-electron chi connectivity index (χ2n) is 10.4. The van der Waals surface area contributed by atoms with E-state index in [0.717, 1.165) is 60.1 Å². The number of carboxylic acid groups (broad SMARTS) is 1. The molecule has 1 heterocycles. The summed E-state index contributed by atoms with van der Waals surface area (Å²) in [7, 11) is 0. The van der Waals surface area contributed by atoms with Gasteiger partial charge in [0, 0.05) is 16.3 Å². The van der Waals surface area contributed by atoms with Crippen molar-refractivity contribution in [1.82, 2.24) is 10.3 Å². The predicted octanol–water partition coefficient (Wildman–Crippen LogP) is 7.19. The zero-order valence-electron chi connectivity index (χ0n) is 22.5. The highest BCUT2D eigenvalue weighted by molar-refractivity contribution is 7.19. The summed E-state index contributed by atoms with van der Waals surface area (Å²) in [5.74, 6) is -1.94. The number of nitrogens with zero attached hydrogens (tertiary/aromatic N) is 1. The molecular weight excluding hydrogens is 536 g/mol. The van der Waals surface area contributed by atoms with Crippen molar-refractivity contribution in [3.63, 3.8) is 0 Å². The van der Waals surface area contributed by atoms with Crippen LogP contribution in [0, 0.1) is 26.7 Å². The SMILES string of the molecule is Cc1cc(C)c(NC(=O)Nc2sc(-c3ccc(Cl)cc3)nc2C(=O)N[C@](C)(C(=O)O)C2CCCCC2)c(C)c1. The minimum absolute atomic E-state index is 0.0410. The number of urea groups is 1. The molecule has 3 aromatic rings. The minimum Gasteiger partial charge on any atom is -0.480 e. The molecule has 1 atom stereocenters. The molecular formula is C29H33ClN4O4S. The molecule has 0 aliphatic heterocycles. The topological polar surface area (TPSA) is 120 Å². The highest BCUT2D eigenvalue weighted by atomic mass is 35.5. The lowest BCUT2D eigenvalue weighted by Crippen LogP contribution is -2.57. The largest absolute Gasteiger partial charge is 0.480 e. The second kappa shape index (κ2) is 11.8. The van der Waals surface area contributed by atoms with Crippen LogP contribution in [-0.4, -0.2) is 33.5 Å². The number of aryl methyl sites for hydroxylation is 3. The number of aromatic nitrogens is 1. The van der Waals surface area contributed by atoms with Crippen LogP contribution in [0.5, 0.6) is 0 Å². The quantitative estimate of drug-likeness (QED) is 0.240. The van der Waals surface area contributed by atoms with Gasteiger partial charge < -0.3 is 15.7 Å². The van der Waals surface area contributed by atoms with Gasteiger partial charge in [0.25, 0.3) is 5.91 Å². The van der Waals surface area contributed by atoms with Gasteiger partial charge in [-0.1, -0.05) is 72.0 Å². The van der Waals surface area contributed by atoms with Crippen molar-refractivity contribution < 1.29 is 19.5 Å². The van der Waals surface area contributed by atoms with Gasteiger partial charge in [-0.05, 0) is 69.7 Å². The molecule has 39 heavy (non-hydrogen) atoms. The highest BCUT2D eigenvalue weighted by Gasteiger charge is 2.44. The highest BCUT2D eigenvalue weighted by Crippen LogP contribution is 2.36. The number of nitrogens with one attached hydrogen (secondary N) is 3. The summed E-state index contributed by atoms with van der Waals surface area (Å²) in [6.45, 7) is 7.37. The Morgan fingerprint density at radius 3 is 2.21 bits per heavy atom. The van der Waals surface area contributed by atoms with E-state index in [1.54, 1.807) is 31.2 Å². The Hall–Kier alpha value is -3.43. The summed E-state index contributed by atoms with van der Waals surface area (Å²) in [5.41, 5.74) is 2.81. The molecule has 2 aromatic carbocycles. The maximum Gasteiger partial charge on any atom is 0.329 e. The van der Waals surface area contributed by atoms with E-state index in [9.17, 15) is 19.5 Å². The van der Waals surface area contributed by atoms with Crippen LogP contribution in [0.2, 0.25) is 5.02 Å². The number of anilines is 2. The van der Waals surface area contributed by atoms with Crippen LogP contribution in [0.1, 0.15) is 66.2 Å². The molecule has 3 amide bonds. The molecule has 1 aromatic heterocycles. The van der Waals surface area contributed by atoms with E-state index in [1.807, 2.05) is 32.9 Å². The Morgan fingerprint density at radius 2 is 1.62 bits per heavy atom. The molecule has 10 heteroatoms. The predicted molar refractivity (Wildman–Crippen MR) is 156 cm³/mol. The number of carboxylic acids is 1. The van der Waals surface area contributed by atoms with Gasteiger partial charge >= 0.3 is 12.0 Å².